The number of rotatable bonds is 9. The third kappa shape index (κ3) is 5.59. The standard InChI is InChI=1S/C18H24N2O6S/c1-26-15-6-5-13(9-14(15)20(24)25)10-27-11-16(21)19-12-18(17(22)23)7-3-2-4-8-18/h5-6,9H,2-4,7-8,10-12H2,1H3,(H,19,21)(H,22,23). The summed E-state index contributed by atoms with van der Waals surface area (Å²) >= 11 is 1.32. The van der Waals surface area contributed by atoms with Crippen LogP contribution in [-0.4, -0.2) is 41.3 Å². The molecule has 9 heteroatoms. The van der Waals surface area contributed by atoms with E-state index in [1.165, 1.54) is 31.0 Å². The largest absolute Gasteiger partial charge is 0.490 e. The molecule has 1 aliphatic carbocycles. The highest BCUT2D eigenvalue weighted by atomic mass is 32.2. The van der Waals surface area contributed by atoms with Gasteiger partial charge in [-0.15, -0.1) is 11.8 Å². The maximum absolute atomic E-state index is 12.1. The number of aliphatic carboxylic acids is 1. The Bertz CT molecular complexity index is 703. The van der Waals surface area contributed by atoms with Crippen molar-refractivity contribution in [3.8, 4) is 5.75 Å². The van der Waals surface area contributed by atoms with E-state index in [0.29, 0.717) is 18.6 Å². The molecular formula is C18H24N2O6S. The smallest absolute Gasteiger partial charge is 0.311 e. The molecule has 0 aromatic heterocycles. The predicted octanol–water partition coefficient (Wildman–Crippen LogP) is 2.99. The van der Waals surface area contributed by atoms with Crippen LogP contribution in [0.2, 0.25) is 0 Å². The lowest BCUT2D eigenvalue weighted by molar-refractivity contribution is -0.385. The van der Waals surface area contributed by atoms with Crippen LogP contribution in [0.1, 0.15) is 37.7 Å². The Labute approximate surface area is 161 Å². The summed E-state index contributed by atoms with van der Waals surface area (Å²) in [5.41, 5.74) is -0.245. The summed E-state index contributed by atoms with van der Waals surface area (Å²) in [6, 6.07) is 4.69. The summed E-state index contributed by atoms with van der Waals surface area (Å²) in [6.07, 6.45) is 3.95. The molecule has 0 atom stereocenters. The van der Waals surface area contributed by atoms with Gasteiger partial charge in [-0.3, -0.25) is 19.7 Å². The van der Waals surface area contributed by atoms with E-state index in [2.05, 4.69) is 5.32 Å². The normalized spacial score (nSPS) is 15.7. The van der Waals surface area contributed by atoms with Gasteiger partial charge in [0.15, 0.2) is 5.75 Å². The summed E-state index contributed by atoms with van der Waals surface area (Å²) in [5, 5.41) is 23.3. The molecule has 0 saturated heterocycles. The first kappa shape index (κ1) is 21.0. The molecule has 2 rings (SSSR count). The van der Waals surface area contributed by atoms with Gasteiger partial charge in [0, 0.05) is 18.4 Å². The lowest BCUT2D eigenvalue weighted by Gasteiger charge is -2.33. The Morgan fingerprint density at radius 3 is 2.63 bits per heavy atom. The fourth-order valence-corrected chi connectivity index (χ4v) is 4.05. The van der Waals surface area contributed by atoms with Crippen molar-refractivity contribution < 1.29 is 24.4 Å². The van der Waals surface area contributed by atoms with Gasteiger partial charge in [-0.1, -0.05) is 25.3 Å². The van der Waals surface area contributed by atoms with Crippen molar-refractivity contribution in [2.45, 2.75) is 37.9 Å². The second-order valence-electron chi connectivity index (χ2n) is 6.68. The van der Waals surface area contributed by atoms with Crippen LogP contribution in [0.25, 0.3) is 0 Å². The van der Waals surface area contributed by atoms with Crippen molar-refractivity contribution in [1.82, 2.24) is 5.32 Å². The van der Waals surface area contributed by atoms with Crippen molar-refractivity contribution in [2.75, 3.05) is 19.4 Å². The molecular weight excluding hydrogens is 372 g/mol. The van der Waals surface area contributed by atoms with Crippen molar-refractivity contribution in [1.29, 1.82) is 0 Å². The van der Waals surface area contributed by atoms with E-state index in [4.69, 9.17) is 4.74 Å². The molecule has 148 valence electrons. The minimum absolute atomic E-state index is 0.110. The maximum Gasteiger partial charge on any atom is 0.311 e. The number of thioether (sulfide) groups is 1. The molecule has 1 aromatic carbocycles. The quantitative estimate of drug-likeness (QED) is 0.486. The number of carbonyl (C=O) groups excluding carboxylic acids is 1. The summed E-state index contributed by atoms with van der Waals surface area (Å²) in [5.74, 6) is -0.287. The van der Waals surface area contributed by atoms with Gasteiger partial charge in [-0.05, 0) is 24.5 Å². The Morgan fingerprint density at radius 1 is 1.33 bits per heavy atom. The summed E-state index contributed by atoms with van der Waals surface area (Å²) in [4.78, 5) is 34.2. The van der Waals surface area contributed by atoms with Gasteiger partial charge < -0.3 is 15.2 Å². The lowest BCUT2D eigenvalue weighted by Crippen LogP contribution is -2.44. The SMILES string of the molecule is COc1ccc(CSCC(=O)NCC2(C(=O)O)CCCCC2)cc1[N+](=O)[O-]. The summed E-state index contributed by atoms with van der Waals surface area (Å²) in [7, 11) is 1.37. The van der Waals surface area contributed by atoms with Crippen LogP contribution >= 0.6 is 11.8 Å². The van der Waals surface area contributed by atoms with Crippen LogP contribution in [0.4, 0.5) is 5.69 Å². The number of amides is 1. The number of hydrogen-bond donors (Lipinski definition) is 2. The zero-order valence-corrected chi connectivity index (χ0v) is 16.0. The Balaban J connectivity index is 1.83. The second-order valence-corrected chi connectivity index (χ2v) is 7.66. The highest BCUT2D eigenvalue weighted by Gasteiger charge is 2.39. The molecule has 0 bridgehead atoms. The molecule has 0 radical (unpaired) electrons. The number of carboxylic acids is 1. The van der Waals surface area contributed by atoms with Crippen molar-refractivity contribution in [3.05, 3.63) is 33.9 Å². The number of carboxylic acid groups (broad SMARTS) is 1. The Morgan fingerprint density at radius 2 is 2.04 bits per heavy atom. The van der Waals surface area contributed by atoms with Crippen LogP contribution in [0.3, 0.4) is 0 Å². The molecule has 1 saturated carbocycles. The zero-order chi connectivity index (χ0) is 19.9. The third-order valence-corrected chi connectivity index (χ3v) is 5.83. The van der Waals surface area contributed by atoms with E-state index in [0.717, 1.165) is 24.8 Å². The third-order valence-electron chi connectivity index (χ3n) is 4.83. The highest BCUT2D eigenvalue weighted by Crippen LogP contribution is 2.36. The van der Waals surface area contributed by atoms with E-state index in [-0.39, 0.29) is 29.6 Å². The number of nitrogens with one attached hydrogen (secondary N) is 1. The highest BCUT2D eigenvalue weighted by molar-refractivity contribution is 7.99. The topological polar surface area (TPSA) is 119 Å². The maximum atomic E-state index is 12.1. The fraction of sp³-hybridized carbons (Fsp3) is 0.556. The lowest BCUT2D eigenvalue weighted by atomic mass is 9.74. The molecule has 0 aliphatic heterocycles. The fourth-order valence-electron chi connectivity index (χ4n) is 3.24. The van der Waals surface area contributed by atoms with E-state index < -0.39 is 16.3 Å². The van der Waals surface area contributed by atoms with Crippen LogP contribution in [0.15, 0.2) is 18.2 Å². The summed E-state index contributed by atoms with van der Waals surface area (Å²) in [6.45, 7) is 0.149. The average Bonchev–Trinajstić information content (AvgIpc) is 2.66. The molecule has 27 heavy (non-hydrogen) atoms. The van der Waals surface area contributed by atoms with Crippen LogP contribution in [0, 0.1) is 15.5 Å². The van der Waals surface area contributed by atoms with Gasteiger partial charge in [-0.25, -0.2) is 0 Å². The minimum Gasteiger partial charge on any atom is -0.490 e. The van der Waals surface area contributed by atoms with Gasteiger partial charge in [0.2, 0.25) is 5.91 Å². The molecule has 8 nitrogen and oxygen atoms in total. The number of benzene rings is 1. The Kier molecular flexibility index (Phi) is 7.46. The number of carbonyl (C=O) groups is 2. The Hall–Kier alpha value is -2.29. The molecule has 1 fully saturated rings. The predicted molar refractivity (Wildman–Crippen MR) is 102 cm³/mol. The van der Waals surface area contributed by atoms with E-state index in [1.807, 2.05) is 0 Å². The van der Waals surface area contributed by atoms with Gasteiger partial charge in [-0.2, -0.15) is 0 Å². The van der Waals surface area contributed by atoms with Crippen LogP contribution in [0.5, 0.6) is 5.75 Å². The van der Waals surface area contributed by atoms with Crippen molar-refractivity contribution >= 4 is 29.3 Å². The van der Waals surface area contributed by atoms with E-state index >= 15 is 0 Å². The first-order chi connectivity index (χ1) is 12.9. The van der Waals surface area contributed by atoms with E-state index in [9.17, 15) is 24.8 Å². The molecule has 0 heterocycles. The van der Waals surface area contributed by atoms with Gasteiger partial charge in [0.25, 0.3) is 0 Å². The average molecular weight is 396 g/mol. The molecule has 1 aliphatic rings. The minimum atomic E-state index is -0.852. The summed E-state index contributed by atoms with van der Waals surface area (Å²) < 4.78 is 4.96. The van der Waals surface area contributed by atoms with Crippen molar-refractivity contribution in [2.24, 2.45) is 5.41 Å². The zero-order valence-electron chi connectivity index (χ0n) is 15.2. The molecule has 1 aromatic rings. The van der Waals surface area contributed by atoms with Gasteiger partial charge in [0.1, 0.15) is 0 Å². The van der Waals surface area contributed by atoms with Crippen LogP contribution in [-0.2, 0) is 15.3 Å². The number of hydrogen-bond acceptors (Lipinski definition) is 6. The van der Waals surface area contributed by atoms with Gasteiger partial charge in [0.05, 0.1) is 23.2 Å². The number of methoxy groups -OCH3 is 1. The second kappa shape index (κ2) is 9.59. The molecule has 2 N–H and O–H groups in total. The van der Waals surface area contributed by atoms with E-state index in [1.54, 1.807) is 6.07 Å². The number of nitrogens with zero attached hydrogens (tertiary/aromatic N) is 1. The number of nitro groups is 1. The monoisotopic (exact) mass is 396 g/mol. The number of ether oxygens (including phenoxy) is 1. The van der Waals surface area contributed by atoms with Crippen LogP contribution < -0.4 is 10.1 Å². The first-order valence-electron chi connectivity index (χ1n) is 8.77. The molecule has 1 amide bonds. The van der Waals surface area contributed by atoms with Gasteiger partial charge >= 0.3 is 11.7 Å². The molecule has 0 unspecified atom stereocenters. The molecule has 0 spiro atoms. The first-order valence-corrected chi connectivity index (χ1v) is 9.92. The van der Waals surface area contributed by atoms with Crippen molar-refractivity contribution in [3.63, 3.8) is 0 Å². The number of nitro benzene ring substituents is 1.